The molecule has 2 nitrogen and oxygen atoms in total. The van der Waals surface area contributed by atoms with Crippen LogP contribution in [0.4, 0.5) is 0 Å². The predicted molar refractivity (Wildman–Crippen MR) is 59.3 cm³/mol. The lowest BCUT2D eigenvalue weighted by Crippen LogP contribution is -1.94. The summed E-state index contributed by atoms with van der Waals surface area (Å²) in [5.41, 5.74) is 0.384. The number of allylic oxidation sites excluding steroid dienone is 3. The zero-order valence-electron chi connectivity index (χ0n) is 9.12. The molecule has 14 heavy (non-hydrogen) atoms. The lowest BCUT2D eigenvalue weighted by molar-refractivity contribution is -0.132. The first kappa shape index (κ1) is 12.9. The third kappa shape index (κ3) is 7.59. The standard InChI is InChI=1S/C12H20O2/c1-3-4-5-6-7-8-9-10-11(2)12(13)14/h8-10H,3-7H2,1-2H3,(H,13,14)/b9-8+,11-10+. The number of carboxylic acids is 1. The Hall–Kier alpha value is -1.05. The second-order valence-corrected chi connectivity index (χ2v) is 3.43. The monoisotopic (exact) mass is 196 g/mol. The minimum absolute atomic E-state index is 0.384. The summed E-state index contributed by atoms with van der Waals surface area (Å²) in [7, 11) is 0. The van der Waals surface area contributed by atoms with Gasteiger partial charge in [-0.1, -0.05) is 44.4 Å². The van der Waals surface area contributed by atoms with E-state index < -0.39 is 5.97 Å². The predicted octanol–water partition coefficient (Wildman–Crippen LogP) is 3.54. The van der Waals surface area contributed by atoms with Gasteiger partial charge in [-0.15, -0.1) is 0 Å². The molecule has 0 amide bonds. The molecule has 0 aromatic heterocycles. The maximum atomic E-state index is 10.4. The molecule has 1 N–H and O–H groups in total. The number of carbonyl (C=O) groups is 1. The Morgan fingerprint density at radius 1 is 1.29 bits per heavy atom. The summed E-state index contributed by atoms with van der Waals surface area (Å²) in [6.45, 7) is 3.79. The first-order valence-corrected chi connectivity index (χ1v) is 5.25. The van der Waals surface area contributed by atoms with E-state index in [1.165, 1.54) is 25.7 Å². The number of unbranched alkanes of at least 4 members (excludes halogenated alkanes) is 4. The molecule has 0 aromatic carbocycles. The smallest absolute Gasteiger partial charge is 0.331 e. The average molecular weight is 196 g/mol. The Labute approximate surface area is 86.3 Å². The van der Waals surface area contributed by atoms with Crippen molar-refractivity contribution < 1.29 is 9.90 Å². The molecule has 0 aliphatic heterocycles. The summed E-state index contributed by atoms with van der Waals surface area (Å²) in [4.78, 5) is 10.4. The summed E-state index contributed by atoms with van der Waals surface area (Å²) >= 11 is 0. The fourth-order valence-corrected chi connectivity index (χ4v) is 1.07. The van der Waals surface area contributed by atoms with E-state index in [2.05, 4.69) is 6.92 Å². The minimum Gasteiger partial charge on any atom is -0.478 e. The third-order valence-corrected chi connectivity index (χ3v) is 2.04. The van der Waals surface area contributed by atoms with Gasteiger partial charge in [-0.3, -0.25) is 0 Å². The van der Waals surface area contributed by atoms with Crippen LogP contribution in [-0.2, 0) is 4.79 Å². The maximum absolute atomic E-state index is 10.4. The largest absolute Gasteiger partial charge is 0.478 e. The molecule has 0 aromatic rings. The van der Waals surface area contributed by atoms with Gasteiger partial charge in [-0.25, -0.2) is 4.79 Å². The molecule has 0 bridgehead atoms. The van der Waals surface area contributed by atoms with E-state index in [4.69, 9.17) is 5.11 Å². The van der Waals surface area contributed by atoms with Crippen molar-refractivity contribution >= 4 is 5.97 Å². The van der Waals surface area contributed by atoms with Crippen molar-refractivity contribution in [3.05, 3.63) is 23.8 Å². The maximum Gasteiger partial charge on any atom is 0.331 e. The molecular formula is C12H20O2. The van der Waals surface area contributed by atoms with Crippen molar-refractivity contribution in [2.45, 2.75) is 46.0 Å². The van der Waals surface area contributed by atoms with Crippen LogP contribution in [0.25, 0.3) is 0 Å². The normalized spacial score (nSPS) is 12.3. The number of aliphatic carboxylic acids is 1. The van der Waals surface area contributed by atoms with Gasteiger partial charge >= 0.3 is 5.97 Å². The van der Waals surface area contributed by atoms with Gasteiger partial charge in [-0.05, 0) is 19.8 Å². The van der Waals surface area contributed by atoms with Crippen LogP contribution in [0.2, 0.25) is 0 Å². The second-order valence-electron chi connectivity index (χ2n) is 3.43. The summed E-state index contributed by atoms with van der Waals surface area (Å²) in [6.07, 6.45) is 11.6. The molecule has 0 fully saturated rings. The lowest BCUT2D eigenvalue weighted by Gasteiger charge is -1.93. The highest BCUT2D eigenvalue weighted by atomic mass is 16.4. The Bertz CT molecular complexity index is 214. The molecule has 2 heteroatoms. The molecule has 0 aliphatic rings. The van der Waals surface area contributed by atoms with E-state index in [9.17, 15) is 4.79 Å². The van der Waals surface area contributed by atoms with Crippen molar-refractivity contribution in [2.24, 2.45) is 0 Å². The van der Waals surface area contributed by atoms with Crippen molar-refractivity contribution in [3.8, 4) is 0 Å². The van der Waals surface area contributed by atoms with Gasteiger partial charge in [0.1, 0.15) is 0 Å². The van der Waals surface area contributed by atoms with Gasteiger partial charge in [0.2, 0.25) is 0 Å². The highest BCUT2D eigenvalue weighted by Crippen LogP contribution is 2.03. The molecule has 0 saturated heterocycles. The SMILES string of the molecule is CCCCCC/C=C/C=C(\C)C(=O)O. The summed E-state index contributed by atoms with van der Waals surface area (Å²) in [5, 5.41) is 8.55. The van der Waals surface area contributed by atoms with E-state index in [1.54, 1.807) is 13.0 Å². The van der Waals surface area contributed by atoms with Crippen LogP contribution >= 0.6 is 0 Å². The summed E-state index contributed by atoms with van der Waals surface area (Å²) in [5.74, 6) is -0.847. The second kappa shape index (κ2) is 8.54. The zero-order valence-corrected chi connectivity index (χ0v) is 9.12. The first-order chi connectivity index (χ1) is 6.68. The van der Waals surface area contributed by atoms with Crippen molar-refractivity contribution in [3.63, 3.8) is 0 Å². The molecule has 0 rings (SSSR count). The van der Waals surface area contributed by atoms with Crippen LogP contribution in [0, 0.1) is 0 Å². The number of rotatable bonds is 7. The number of carboxylic acid groups (broad SMARTS) is 1. The van der Waals surface area contributed by atoms with Crippen molar-refractivity contribution in [1.82, 2.24) is 0 Å². The molecule has 0 unspecified atom stereocenters. The fraction of sp³-hybridized carbons (Fsp3) is 0.583. The lowest BCUT2D eigenvalue weighted by atomic mass is 10.1. The van der Waals surface area contributed by atoms with Crippen LogP contribution in [0.5, 0.6) is 0 Å². The van der Waals surface area contributed by atoms with Crippen LogP contribution in [0.3, 0.4) is 0 Å². The number of hydrogen-bond donors (Lipinski definition) is 1. The highest BCUT2D eigenvalue weighted by molar-refractivity contribution is 5.86. The zero-order chi connectivity index (χ0) is 10.8. The van der Waals surface area contributed by atoms with Crippen molar-refractivity contribution in [2.75, 3.05) is 0 Å². The molecule has 0 atom stereocenters. The van der Waals surface area contributed by atoms with Gasteiger partial charge < -0.3 is 5.11 Å². The number of hydrogen-bond acceptors (Lipinski definition) is 1. The first-order valence-electron chi connectivity index (χ1n) is 5.25. The van der Waals surface area contributed by atoms with Crippen LogP contribution < -0.4 is 0 Å². The van der Waals surface area contributed by atoms with E-state index in [0.717, 1.165) is 6.42 Å². The minimum atomic E-state index is -0.847. The molecule has 0 aliphatic carbocycles. The van der Waals surface area contributed by atoms with E-state index in [1.807, 2.05) is 12.2 Å². The van der Waals surface area contributed by atoms with Gasteiger partial charge in [0.05, 0.1) is 0 Å². The van der Waals surface area contributed by atoms with E-state index in [0.29, 0.717) is 5.57 Å². The molecule has 0 saturated carbocycles. The Kier molecular flexibility index (Phi) is 7.90. The molecule has 0 spiro atoms. The van der Waals surface area contributed by atoms with Crippen molar-refractivity contribution in [1.29, 1.82) is 0 Å². The van der Waals surface area contributed by atoms with Gasteiger partial charge in [-0.2, -0.15) is 0 Å². The average Bonchev–Trinajstić information content (AvgIpc) is 2.16. The van der Waals surface area contributed by atoms with Crippen LogP contribution in [0.15, 0.2) is 23.8 Å². The van der Waals surface area contributed by atoms with Crippen LogP contribution in [-0.4, -0.2) is 11.1 Å². The molecular weight excluding hydrogens is 176 g/mol. The molecule has 0 heterocycles. The third-order valence-electron chi connectivity index (χ3n) is 2.04. The summed E-state index contributed by atoms with van der Waals surface area (Å²) < 4.78 is 0. The Morgan fingerprint density at radius 2 is 2.00 bits per heavy atom. The Balaban J connectivity index is 3.53. The van der Waals surface area contributed by atoms with Gasteiger partial charge in [0.25, 0.3) is 0 Å². The van der Waals surface area contributed by atoms with Crippen LogP contribution in [0.1, 0.15) is 46.0 Å². The van der Waals surface area contributed by atoms with E-state index >= 15 is 0 Å². The quantitative estimate of drug-likeness (QED) is 0.384. The van der Waals surface area contributed by atoms with Gasteiger partial charge in [0, 0.05) is 5.57 Å². The topological polar surface area (TPSA) is 37.3 Å². The molecule has 80 valence electrons. The fourth-order valence-electron chi connectivity index (χ4n) is 1.07. The Morgan fingerprint density at radius 3 is 2.57 bits per heavy atom. The van der Waals surface area contributed by atoms with E-state index in [-0.39, 0.29) is 0 Å². The van der Waals surface area contributed by atoms with Gasteiger partial charge in [0.15, 0.2) is 0 Å². The highest BCUT2D eigenvalue weighted by Gasteiger charge is 1.95. The summed E-state index contributed by atoms with van der Waals surface area (Å²) in [6, 6.07) is 0. The molecule has 0 radical (unpaired) electrons.